The maximum Gasteiger partial charge on any atom is 0.354 e. The van der Waals surface area contributed by atoms with Crippen LogP contribution in [-0.4, -0.2) is 76.9 Å². The Morgan fingerprint density at radius 3 is 1.89 bits per heavy atom. The molecule has 0 aromatic carbocycles. The standard InChI is InChI=1S/C8H11BrN2O2.C8H7BrN2O2.C7H7BrN2O.C6H6BrNO2/c2*1-13-8(12)7-4-6(9)5-11(7)3-2-10;8-5-3-6-7(11)9-1-2-10(6)4-5;1-10-6(9)5-2-4(7)3-8-5/h4-5H,2-3,10H2,1H3;4-5H,3H2,1H3;3-4H,1-2H2,(H,9,11);2-3,8H,1H3. The topological polar surface area (TPSA) is 188 Å². The molecule has 0 atom stereocenters. The van der Waals surface area contributed by atoms with Gasteiger partial charge in [0.05, 0.1) is 27.4 Å². The molecule has 1 amide bonds. The van der Waals surface area contributed by atoms with Crippen molar-refractivity contribution in [2.75, 3.05) is 34.4 Å². The van der Waals surface area contributed by atoms with E-state index in [9.17, 15) is 19.2 Å². The Morgan fingerprint density at radius 1 is 0.851 bits per heavy atom. The van der Waals surface area contributed by atoms with Crippen molar-refractivity contribution >= 4 is 87.5 Å². The number of hydrogen-bond acceptors (Lipinski definition) is 9. The third kappa shape index (κ3) is 12.2. The molecule has 18 heteroatoms. The molecule has 4 aromatic heterocycles. The second-order valence-electron chi connectivity index (χ2n) is 9.05. The molecule has 5 heterocycles. The molecule has 252 valence electrons. The summed E-state index contributed by atoms with van der Waals surface area (Å²) in [4.78, 5) is 47.0. The van der Waals surface area contributed by atoms with Gasteiger partial charge in [0.15, 0.2) is 0 Å². The number of amides is 1. The van der Waals surface area contributed by atoms with Crippen LogP contribution in [-0.2, 0) is 33.8 Å². The predicted molar refractivity (Wildman–Crippen MR) is 186 cm³/mol. The lowest BCUT2D eigenvalue weighted by atomic mass is 10.3. The Kier molecular flexibility index (Phi) is 16.7. The first-order chi connectivity index (χ1) is 22.4. The van der Waals surface area contributed by atoms with E-state index in [1.807, 2.05) is 22.9 Å². The summed E-state index contributed by atoms with van der Waals surface area (Å²) >= 11 is 13.0. The van der Waals surface area contributed by atoms with Gasteiger partial charge in [-0.2, -0.15) is 5.26 Å². The highest BCUT2D eigenvalue weighted by Gasteiger charge is 2.16. The van der Waals surface area contributed by atoms with Gasteiger partial charge in [0.25, 0.3) is 5.91 Å². The van der Waals surface area contributed by atoms with Crippen LogP contribution < -0.4 is 11.1 Å². The van der Waals surface area contributed by atoms with Crippen molar-refractivity contribution in [3.8, 4) is 6.07 Å². The Bertz CT molecular complexity index is 1720. The minimum absolute atomic E-state index is 0.0157. The van der Waals surface area contributed by atoms with Crippen molar-refractivity contribution in [2.24, 2.45) is 5.73 Å². The third-order valence-electron chi connectivity index (χ3n) is 5.91. The molecule has 5 rings (SSSR count). The maximum atomic E-state index is 11.2. The van der Waals surface area contributed by atoms with Gasteiger partial charge in [-0.3, -0.25) is 4.79 Å². The third-order valence-corrected chi connectivity index (χ3v) is 7.67. The maximum absolute atomic E-state index is 11.2. The summed E-state index contributed by atoms with van der Waals surface area (Å²) in [6.07, 6.45) is 7.06. The summed E-state index contributed by atoms with van der Waals surface area (Å²) in [6.45, 7) is 2.83. The normalized spacial score (nSPS) is 11.1. The van der Waals surface area contributed by atoms with Gasteiger partial charge in [0.1, 0.15) is 29.3 Å². The molecule has 1 aliphatic heterocycles. The number of nitrogens with two attached hydrogens (primary N) is 1. The van der Waals surface area contributed by atoms with E-state index >= 15 is 0 Å². The molecule has 4 N–H and O–H groups in total. The summed E-state index contributed by atoms with van der Waals surface area (Å²) in [5.74, 6) is -1.13. The first-order valence-corrected chi connectivity index (χ1v) is 16.6. The molecule has 0 fully saturated rings. The Balaban J connectivity index is 0.000000219. The van der Waals surface area contributed by atoms with Gasteiger partial charge < -0.3 is 43.9 Å². The van der Waals surface area contributed by atoms with Gasteiger partial charge in [-0.05, 0) is 88.0 Å². The number of aromatic nitrogens is 4. The van der Waals surface area contributed by atoms with Crippen LogP contribution in [0.3, 0.4) is 0 Å². The second-order valence-corrected chi connectivity index (χ2v) is 12.7. The van der Waals surface area contributed by atoms with E-state index < -0.39 is 5.97 Å². The molecular formula is C29H31Br4N7O7. The summed E-state index contributed by atoms with van der Waals surface area (Å²) in [7, 11) is 4.01. The molecule has 4 aromatic rings. The number of nitrogens with zero attached hydrogens (tertiary/aromatic N) is 4. The zero-order valence-corrected chi connectivity index (χ0v) is 31.7. The van der Waals surface area contributed by atoms with Crippen LogP contribution in [0.1, 0.15) is 42.0 Å². The number of aromatic amines is 1. The number of nitrogens with one attached hydrogen (secondary N) is 2. The van der Waals surface area contributed by atoms with E-state index in [-0.39, 0.29) is 24.4 Å². The summed E-state index contributed by atoms with van der Waals surface area (Å²) < 4.78 is 22.3. The quantitative estimate of drug-likeness (QED) is 0.175. The molecule has 0 saturated carbocycles. The van der Waals surface area contributed by atoms with Gasteiger partial charge in [0, 0.05) is 68.9 Å². The SMILES string of the molecule is COC(=O)c1cc(Br)c[nH]1.COC(=O)c1cc(Br)cn1CC#N.COC(=O)c1cc(Br)cn1CCN.O=C1NCCn2cc(Br)cc21. The lowest BCUT2D eigenvalue weighted by molar-refractivity contribution is 0.0580. The summed E-state index contributed by atoms with van der Waals surface area (Å²) in [5.41, 5.74) is 7.47. The number of methoxy groups -OCH3 is 3. The molecule has 0 aliphatic carbocycles. The molecule has 0 unspecified atom stereocenters. The predicted octanol–water partition coefficient (Wildman–Crippen LogP) is 5.11. The number of nitriles is 1. The number of carbonyl (C=O) groups excluding carboxylic acids is 4. The van der Waals surface area contributed by atoms with Gasteiger partial charge in [-0.25, -0.2) is 14.4 Å². The molecule has 14 nitrogen and oxygen atoms in total. The van der Waals surface area contributed by atoms with Crippen molar-refractivity contribution in [1.29, 1.82) is 5.26 Å². The largest absolute Gasteiger partial charge is 0.464 e. The van der Waals surface area contributed by atoms with E-state index in [4.69, 9.17) is 11.0 Å². The zero-order valence-electron chi connectivity index (χ0n) is 25.4. The highest BCUT2D eigenvalue weighted by molar-refractivity contribution is 9.11. The van der Waals surface area contributed by atoms with E-state index in [1.54, 1.807) is 41.4 Å². The van der Waals surface area contributed by atoms with Crippen LogP contribution in [0.5, 0.6) is 0 Å². The van der Waals surface area contributed by atoms with Crippen LogP contribution in [0.25, 0.3) is 0 Å². The van der Waals surface area contributed by atoms with Crippen LogP contribution >= 0.6 is 63.7 Å². The van der Waals surface area contributed by atoms with Gasteiger partial charge in [-0.1, -0.05) is 0 Å². The van der Waals surface area contributed by atoms with Crippen LogP contribution in [0.4, 0.5) is 0 Å². The fourth-order valence-electron chi connectivity index (χ4n) is 3.86. The van der Waals surface area contributed by atoms with Crippen LogP contribution in [0, 0.1) is 11.3 Å². The Morgan fingerprint density at radius 2 is 1.40 bits per heavy atom. The number of esters is 3. The van der Waals surface area contributed by atoms with Crippen molar-refractivity contribution < 1.29 is 33.4 Å². The van der Waals surface area contributed by atoms with E-state index in [1.165, 1.54) is 25.9 Å². The smallest absolute Gasteiger partial charge is 0.354 e. The van der Waals surface area contributed by atoms with Crippen molar-refractivity contribution in [3.63, 3.8) is 0 Å². The lowest BCUT2D eigenvalue weighted by Crippen LogP contribution is -2.34. The van der Waals surface area contributed by atoms with Crippen molar-refractivity contribution in [1.82, 2.24) is 24.0 Å². The number of ether oxygens (including phenoxy) is 3. The van der Waals surface area contributed by atoms with E-state index in [2.05, 4.69) is 88.2 Å². The van der Waals surface area contributed by atoms with Crippen LogP contribution in [0.2, 0.25) is 0 Å². The minimum Gasteiger partial charge on any atom is -0.464 e. The van der Waals surface area contributed by atoms with Gasteiger partial charge in [-0.15, -0.1) is 0 Å². The molecular weight excluding hydrogens is 878 g/mol. The highest BCUT2D eigenvalue weighted by atomic mass is 79.9. The molecule has 1 aliphatic rings. The van der Waals surface area contributed by atoms with Gasteiger partial charge in [0.2, 0.25) is 0 Å². The van der Waals surface area contributed by atoms with E-state index in [0.29, 0.717) is 30.2 Å². The van der Waals surface area contributed by atoms with Crippen LogP contribution in [0.15, 0.2) is 66.9 Å². The van der Waals surface area contributed by atoms with Gasteiger partial charge >= 0.3 is 17.9 Å². The first kappa shape index (κ1) is 39.5. The molecule has 0 spiro atoms. The summed E-state index contributed by atoms with van der Waals surface area (Å²) in [5, 5.41) is 11.2. The van der Waals surface area contributed by atoms with Crippen molar-refractivity contribution in [3.05, 3.63) is 89.7 Å². The minimum atomic E-state index is -0.444. The highest BCUT2D eigenvalue weighted by Crippen LogP contribution is 2.17. The fraction of sp³-hybridized carbons (Fsp3) is 0.276. The Labute approximate surface area is 304 Å². The average Bonchev–Trinajstić information content (AvgIpc) is 3.84. The molecule has 0 radical (unpaired) electrons. The number of halogens is 4. The molecule has 0 saturated heterocycles. The number of carbonyl (C=O) groups is 4. The van der Waals surface area contributed by atoms with E-state index in [0.717, 1.165) is 36.7 Å². The monoisotopic (exact) mass is 905 g/mol. The zero-order chi connectivity index (χ0) is 35.1. The number of H-pyrrole nitrogens is 1. The number of hydrogen-bond donors (Lipinski definition) is 3. The molecule has 47 heavy (non-hydrogen) atoms. The number of fused-ring (bicyclic) bond motifs is 1. The Hall–Kier alpha value is -3.63. The first-order valence-electron chi connectivity index (χ1n) is 13.4. The number of rotatable bonds is 6. The molecule has 0 bridgehead atoms. The fourth-order valence-corrected chi connectivity index (χ4v) is 5.59. The lowest BCUT2D eigenvalue weighted by Gasteiger charge is -2.14. The average molecular weight is 909 g/mol. The second kappa shape index (κ2) is 19.9. The van der Waals surface area contributed by atoms with Crippen molar-refractivity contribution in [2.45, 2.75) is 19.6 Å². The summed E-state index contributed by atoms with van der Waals surface area (Å²) in [6, 6.07) is 8.76.